The number of amides is 1. The molecule has 0 saturated carbocycles. The summed E-state index contributed by atoms with van der Waals surface area (Å²) in [6.07, 6.45) is 3.16. The number of carbonyl (C=O) groups excluding carboxylic acids is 1. The minimum Gasteiger partial charge on any atom is -0.341 e. The van der Waals surface area contributed by atoms with Crippen LogP contribution >= 0.6 is 0 Å². The predicted molar refractivity (Wildman–Crippen MR) is 107 cm³/mol. The van der Waals surface area contributed by atoms with E-state index in [-0.39, 0.29) is 11.5 Å². The Kier molecular flexibility index (Phi) is 6.03. The molecule has 2 atom stereocenters. The number of hydrogen-bond acceptors (Lipinski definition) is 3. The molecule has 4 nitrogen and oxygen atoms in total. The van der Waals surface area contributed by atoms with Crippen LogP contribution in [0.5, 0.6) is 0 Å². The van der Waals surface area contributed by atoms with E-state index >= 15 is 0 Å². The molecule has 2 aliphatic rings. The molecule has 2 heterocycles. The molecule has 1 amide bonds. The van der Waals surface area contributed by atoms with Crippen LogP contribution in [0.1, 0.15) is 57.2 Å². The molecular weight excluding hydrogens is 322 g/mol. The van der Waals surface area contributed by atoms with Gasteiger partial charge >= 0.3 is 0 Å². The summed E-state index contributed by atoms with van der Waals surface area (Å²) in [6.45, 7) is 13.4. The van der Waals surface area contributed by atoms with Gasteiger partial charge < -0.3 is 10.2 Å². The van der Waals surface area contributed by atoms with E-state index in [9.17, 15) is 4.79 Å². The molecule has 1 unspecified atom stereocenters. The standard InChI is InChI=1S/C22H35N3O/c1-17-7-9-18(10-8-17)20-6-5-13-24(15-12-23-20)21(26)19-11-14-25(16-19)22(2,3)4/h7-10,19-20,23H,5-6,11-16H2,1-4H3/t19-,20?/m0/s1. The number of likely N-dealkylation sites (tertiary alicyclic amines) is 1. The van der Waals surface area contributed by atoms with E-state index in [1.165, 1.54) is 11.1 Å². The summed E-state index contributed by atoms with van der Waals surface area (Å²) >= 11 is 0. The van der Waals surface area contributed by atoms with Crippen LogP contribution in [-0.2, 0) is 4.79 Å². The monoisotopic (exact) mass is 357 g/mol. The Bertz CT molecular complexity index is 595. The average Bonchev–Trinajstić information content (AvgIpc) is 3.06. The molecule has 2 aliphatic heterocycles. The second kappa shape index (κ2) is 8.10. The maximum absolute atomic E-state index is 13.0. The van der Waals surface area contributed by atoms with Crippen molar-refractivity contribution in [3.63, 3.8) is 0 Å². The zero-order chi connectivity index (χ0) is 18.7. The van der Waals surface area contributed by atoms with Gasteiger partial charge in [0, 0.05) is 37.8 Å². The van der Waals surface area contributed by atoms with Gasteiger partial charge in [0.15, 0.2) is 0 Å². The summed E-state index contributed by atoms with van der Waals surface area (Å²) in [5.74, 6) is 0.550. The van der Waals surface area contributed by atoms with Crippen molar-refractivity contribution in [3.05, 3.63) is 35.4 Å². The van der Waals surface area contributed by atoms with Gasteiger partial charge in [-0.2, -0.15) is 0 Å². The van der Waals surface area contributed by atoms with Gasteiger partial charge in [-0.1, -0.05) is 29.8 Å². The van der Waals surface area contributed by atoms with Gasteiger partial charge in [0.2, 0.25) is 5.91 Å². The summed E-state index contributed by atoms with van der Waals surface area (Å²) in [5.41, 5.74) is 2.83. The van der Waals surface area contributed by atoms with Gasteiger partial charge in [-0.25, -0.2) is 0 Å². The maximum atomic E-state index is 13.0. The Morgan fingerprint density at radius 1 is 1.08 bits per heavy atom. The summed E-state index contributed by atoms with van der Waals surface area (Å²) in [6, 6.07) is 9.25. The highest BCUT2D eigenvalue weighted by Crippen LogP contribution is 2.27. The number of benzene rings is 1. The Labute approximate surface area is 158 Å². The highest BCUT2D eigenvalue weighted by atomic mass is 16.2. The SMILES string of the molecule is Cc1ccc(C2CCCN(C(=O)[C@H]3CCN(C(C)(C)C)C3)CCN2)cc1. The van der Waals surface area contributed by atoms with Crippen LogP contribution in [0.15, 0.2) is 24.3 Å². The number of rotatable bonds is 2. The normalized spacial score (nSPS) is 25.8. The van der Waals surface area contributed by atoms with Gasteiger partial charge in [0.1, 0.15) is 0 Å². The second-order valence-corrected chi connectivity index (χ2v) is 8.99. The lowest BCUT2D eigenvalue weighted by Gasteiger charge is -2.33. The largest absolute Gasteiger partial charge is 0.341 e. The molecule has 1 aromatic rings. The van der Waals surface area contributed by atoms with E-state index < -0.39 is 0 Å². The molecule has 4 heteroatoms. The molecule has 1 aromatic carbocycles. The smallest absolute Gasteiger partial charge is 0.227 e. The first kappa shape index (κ1) is 19.4. The van der Waals surface area contributed by atoms with E-state index in [4.69, 9.17) is 0 Å². The van der Waals surface area contributed by atoms with Crippen LogP contribution in [0, 0.1) is 12.8 Å². The Morgan fingerprint density at radius 3 is 2.46 bits per heavy atom. The van der Waals surface area contributed by atoms with E-state index in [0.717, 1.165) is 52.0 Å². The molecule has 3 rings (SSSR count). The van der Waals surface area contributed by atoms with E-state index in [1.54, 1.807) is 0 Å². The number of nitrogens with zero attached hydrogens (tertiary/aromatic N) is 2. The molecule has 2 fully saturated rings. The van der Waals surface area contributed by atoms with Crippen molar-refractivity contribution in [2.75, 3.05) is 32.7 Å². The predicted octanol–water partition coefficient (Wildman–Crippen LogP) is 3.37. The zero-order valence-corrected chi connectivity index (χ0v) is 16.9. The Hall–Kier alpha value is -1.39. The Morgan fingerprint density at radius 2 is 1.81 bits per heavy atom. The fraction of sp³-hybridized carbons (Fsp3) is 0.682. The second-order valence-electron chi connectivity index (χ2n) is 8.99. The number of hydrogen-bond donors (Lipinski definition) is 1. The average molecular weight is 358 g/mol. The van der Waals surface area contributed by atoms with Gasteiger partial charge in [0.05, 0.1) is 5.92 Å². The topological polar surface area (TPSA) is 35.6 Å². The number of aryl methyl sites for hydroxylation is 1. The van der Waals surface area contributed by atoms with Crippen molar-refractivity contribution in [1.82, 2.24) is 15.1 Å². The van der Waals surface area contributed by atoms with Gasteiger partial charge in [-0.05, 0) is 59.1 Å². The highest BCUT2D eigenvalue weighted by molar-refractivity contribution is 5.79. The van der Waals surface area contributed by atoms with Crippen LogP contribution in [-0.4, -0.2) is 54.0 Å². The molecule has 0 spiro atoms. The fourth-order valence-electron chi connectivity index (χ4n) is 4.21. The molecule has 0 radical (unpaired) electrons. The van der Waals surface area contributed by atoms with Gasteiger partial charge in [0.25, 0.3) is 0 Å². The minimum atomic E-state index is 0.161. The van der Waals surface area contributed by atoms with Gasteiger partial charge in [-0.15, -0.1) is 0 Å². The molecular formula is C22H35N3O. The zero-order valence-electron chi connectivity index (χ0n) is 16.9. The molecule has 0 aromatic heterocycles. The van der Waals surface area contributed by atoms with Crippen molar-refractivity contribution in [3.8, 4) is 0 Å². The van der Waals surface area contributed by atoms with Crippen molar-refractivity contribution >= 4 is 5.91 Å². The van der Waals surface area contributed by atoms with Crippen LogP contribution < -0.4 is 5.32 Å². The van der Waals surface area contributed by atoms with E-state index in [1.807, 2.05) is 0 Å². The summed E-state index contributed by atoms with van der Waals surface area (Å²) < 4.78 is 0. The lowest BCUT2D eigenvalue weighted by molar-refractivity contribution is -0.135. The van der Waals surface area contributed by atoms with Crippen molar-refractivity contribution in [2.45, 2.75) is 58.5 Å². The lowest BCUT2D eigenvalue weighted by atomic mass is 9.99. The van der Waals surface area contributed by atoms with E-state index in [2.05, 4.69) is 67.1 Å². The fourth-order valence-corrected chi connectivity index (χ4v) is 4.21. The van der Waals surface area contributed by atoms with Gasteiger partial charge in [-0.3, -0.25) is 9.69 Å². The molecule has 0 bridgehead atoms. The van der Waals surface area contributed by atoms with Crippen LogP contribution in [0.25, 0.3) is 0 Å². The molecule has 26 heavy (non-hydrogen) atoms. The third kappa shape index (κ3) is 4.66. The lowest BCUT2D eigenvalue weighted by Crippen LogP contribution is -2.45. The first-order valence-corrected chi connectivity index (χ1v) is 10.2. The van der Waals surface area contributed by atoms with Crippen LogP contribution in [0.3, 0.4) is 0 Å². The summed E-state index contributed by atoms with van der Waals surface area (Å²) in [7, 11) is 0. The molecule has 0 aliphatic carbocycles. The number of carbonyl (C=O) groups is 1. The number of nitrogens with one attached hydrogen (secondary N) is 1. The summed E-state index contributed by atoms with van der Waals surface area (Å²) in [4.78, 5) is 17.6. The van der Waals surface area contributed by atoms with Crippen molar-refractivity contribution in [2.24, 2.45) is 5.92 Å². The molecule has 1 N–H and O–H groups in total. The molecule has 2 saturated heterocycles. The minimum absolute atomic E-state index is 0.161. The first-order chi connectivity index (χ1) is 12.3. The van der Waals surface area contributed by atoms with Crippen LogP contribution in [0.4, 0.5) is 0 Å². The van der Waals surface area contributed by atoms with Crippen molar-refractivity contribution < 1.29 is 4.79 Å². The van der Waals surface area contributed by atoms with E-state index in [0.29, 0.717) is 11.9 Å². The third-order valence-electron chi connectivity index (χ3n) is 5.97. The maximum Gasteiger partial charge on any atom is 0.227 e. The third-order valence-corrected chi connectivity index (χ3v) is 5.97. The summed E-state index contributed by atoms with van der Waals surface area (Å²) in [5, 5.41) is 3.66. The molecule has 144 valence electrons. The van der Waals surface area contributed by atoms with Crippen molar-refractivity contribution in [1.29, 1.82) is 0 Å². The van der Waals surface area contributed by atoms with Crippen LogP contribution in [0.2, 0.25) is 0 Å². The highest BCUT2D eigenvalue weighted by Gasteiger charge is 2.35. The quantitative estimate of drug-likeness (QED) is 0.881. The first-order valence-electron chi connectivity index (χ1n) is 10.2. The Balaban J connectivity index is 1.53.